The molecule has 1 fully saturated rings. The third-order valence-corrected chi connectivity index (χ3v) is 4.06. The summed E-state index contributed by atoms with van der Waals surface area (Å²) in [6, 6.07) is 5.42. The van der Waals surface area contributed by atoms with Gasteiger partial charge >= 0.3 is 0 Å². The first kappa shape index (κ1) is 18.6. The maximum atomic E-state index is 12.1. The van der Waals surface area contributed by atoms with Crippen LogP contribution in [0.1, 0.15) is 19.8 Å². The van der Waals surface area contributed by atoms with Crippen LogP contribution in [0.25, 0.3) is 0 Å². The summed E-state index contributed by atoms with van der Waals surface area (Å²) in [6.45, 7) is 3.59. The molecule has 0 spiro atoms. The molecule has 21 heavy (non-hydrogen) atoms. The van der Waals surface area contributed by atoms with Gasteiger partial charge in [-0.3, -0.25) is 4.79 Å². The lowest BCUT2D eigenvalue weighted by atomic mass is 10.1. The van der Waals surface area contributed by atoms with Crippen molar-refractivity contribution >= 4 is 45.8 Å². The fraction of sp³-hybridized carbons (Fsp3) is 0.500. The number of carbonyl (C=O) groups excluding carboxylic acids is 1. The molecule has 1 heterocycles. The average molecular weight is 398 g/mol. The van der Waals surface area contributed by atoms with Crippen LogP contribution in [0.15, 0.2) is 22.7 Å². The summed E-state index contributed by atoms with van der Waals surface area (Å²) < 4.78 is 6.41. The van der Waals surface area contributed by atoms with Crippen molar-refractivity contribution in [2.24, 2.45) is 0 Å². The summed E-state index contributed by atoms with van der Waals surface area (Å²) in [5.74, 6) is 0.513. The van der Waals surface area contributed by atoms with E-state index in [2.05, 4.69) is 26.6 Å². The van der Waals surface area contributed by atoms with Gasteiger partial charge in [-0.05, 0) is 60.4 Å². The van der Waals surface area contributed by atoms with E-state index in [1.165, 1.54) is 0 Å². The molecular formula is C14H19BrCl2N2O2. The molecule has 1 aliphatic heterocycles. The molecule has 1 aliphatic rings. The number of nitrogens with one attached hydrogen (secondary N) is 2. The monoisotopic (exact) mass is 396 g/mol. The van der Waals surface area contributed by atoms with Crippen molar-refractivity contribution in [2.75, 3.05) is 13.1 Å². The second-order valence-corrected chi connectivity index (χ2v) is 6.18. The van der Waals surface area contributed by atoms with Crippen LogP contribution in [0.5, 0.6) is 5.75 Å². The summed E-state index contributed by atoms with van der Waals surface area (Å²) in [7, 11) is 0. The topological polar surface area (TPSA) is 50.4 Å². The molecule has 1 unspecified atom stereocenters. The predicted molar refractivity (Wildman–Crippen MR) is 90.5 cm³/mol. The Morgan fingerprint density at radius 2 is 2.33 bits per heavy atom. The minimum Gasteiger partial charge on any atom is -0.480 e. The van der Waals surface area contributed by atoms with Crippen LogP contribution in [0, 0.1) is 0 Å². The van der Waals surface area contributed by atoms with Gasteiger partial charge in [0.05, 0.1) is 4.47 Å². The van der Waals surface area contributed by atoms with Gasteiger partial charge in [-0.15, -0.1) is 12.4 Å². The molecule has 2 rings (SSSR count). The van der Waals surface area contributed by atoms with E-state index in [0.29, 0.717) is 10.8 Å². The molecule has 0 aliphatic carbocycles. The number of carbonyl (C=O) groups is 1. The second kappa shape index (κ2) is 8.83. The van der Waals surface area contributed by atoms with E-state index in [1.807, 2.05) is 0 Å². The Kier molecular flexibility index (Phi) is 7.81. The van der Waals surface area contributed by atoms with Gasteiger partial charge in [0.1, 0.15) is 5.75 Å². The van der Waals surface area contributed by atoms with Crippen molar-refractivity contribution in [3.05, 3.63) is 27.7 Å². The zero-order valence-corrected chi connectivity index (χ0v) is 14.9. The number of rotatable bonds is 4. The predicted octanol–water partition coefficient (Wildman–Crippen LogP) is 3.16. The Balaban J connectivity index is 0.00000220. The number of benzene rings is 1. The van der Waals surface area contributed by atoms with Crippen molar-refractivity contribution in [3.63, 3.8) is 0 Å². The van der Waals surface area contributed by atoms with Crippen LogP contribution in [0.3, 0.4) is 0 Å². The molecule has 2 atom stereocenters. The highest BCUT2D eigenvalue weighted by Gasteiger charge is 2.21. The molecule has 0 saturated carbocycles. The number of halogens is 3. The molecule has 1 aromatic carbocycles. The fourth-order valence-electron chi connectivity index (χ4n) is 2.11. The van der Waals surface area contributed by atoms with Crippen molar-refractivity contribution in [2.45, 2.75) is 31.9 Å². The average Bonchev–Trinajstić information content (AvgIpc) is 2.43. The maximum absolute atomic E-state index is 12.1. The normalized spacial score (nSPS) is 19.3. The van der Waals surface area contributed by atoms with E-state index in [-0.39, 0.29) is 24.4 Å². The molecule has 1 saturated heterocycles. The highest BCUT2D eigenvalue weighted by molar-refractivity contribution is 9.10. The summed E-state index contributed by atoms with van der Waals surface area (Å²) in [5.41, 5.74) is 0. The SMILES string of the molecule is CC(Oc1ccc(Cl)cc1Br)C(=O)N[C@H]1CCCNC1.Cl. The molecule has 4 nitrogen and oxygen atoms in total. The highest BCUT2D eigenvalue weighted by Crippen LogP contribution is 2.28. The van der Waals surface area contributed by atoms with Gasteiger partial charge in [0.2, 0.25) is 0 Å². The molecule has 0 radical (unpaired) electrons. The molecule has 7 heteroatoms. The number of hydrogen-bond acceptors (Lipinski definition) is 3. The zero-order chi connectivity index (χ0) is 14.5. The minimum atomic E-state index is -0.547. The van der Waals surface area contributed by atoms with Crippen LogP contribution in [0.4, 0.5) is 0 Å². The van der Waals surface area contributed by atoms with Gasteiger partial charge in [-0.25, -0.2) is 0 Å². The van der Waals surface area contributed by atoms with Crippen LogP contribution >= 0.6 is 39.9 Å². The van der Waals surface area contributed by atoms with Gasteiger partial charge in [0, 0.05) is 17.6 Å². The van der Waals surface area contributed by atoms with E-state index in [0.717, 1.165) is 30.4 Å². The standard InChI is InChI=1S/C14H18BrClN2O2.ClH/c1-9(14(19)18-11-3-2-6-17-8-11)20-13-5-4-10(16)7-12(13)15;/h4-5,7,9,11,17H,2-3,6,8H2,1H3,(H,18,19);1H/t9?,11-;/m0./s1. The Hall–Kier alpha value is -0.490. The van der Waals surface area contributed by atoms with E-state index in [1.54, 1.807) is 25.1 Å². The van der Waals surface area contributed by atoms with Crippen molar-refractivity contribution in [1.82, 2.24) is 10.6 Å². The van der Waals surface area contributed by atoms with E-state index < -0.39 is 6.10 Å². The third-order valence-electron chi connectivity index (χ3n) is 3.21. The first-order chi connectivity index (χ1) is 9.56. The Bertz CT molecular complexity index is 482. The molecule has 0 bridgehead atoms. The number of hydrogen-bond donors (Lipinski definition) is 2. The maximum Gasteiger partial charge on any atom is 0.261 e. The second-order valence-electron chi connectivity index (χ2n) is 4.89. The molecule has 1 aromatic rings. The van der Waals surface area contributed by atoms with Gasteiger partial charge < -0.3 is 15.4 Å². The highest BCUT2D eigenvalue weighted by atomic mass is 79.9. The van der Waals surface area contributed by atoms with Crippen LogP contribution in [0.2, 0.25) is 5.02 Å². The van der Waals surface area contributed by atoms with Gasteiger partial charge in [-0.1, -0.05) is 11.6 Å². The number of amides is 1. The summed E-state index contributed by atoms with van der Waals surface area (Å²) in [4.78, 5) is 12.1. The molecular weight excluding hydrogens is 379 g/mol. The van der Waals surface area contributed by atoms with E-state index >= 15 is 0 Å². The van der Waals surface area contributed by atoms with Crippen LogP contribution in [-0.2, 0) is 4.79 Å². The smallest absolute Gasteiger partial charge is 0.261 e. The lowest BCUT2D eigenvalue weighted by Gasteiger charge is -2.25. The Labute approximate surface area is 144 Å². The number of ether oxygens (including phenoxy) is 1. The molecule has 118 valence electrons. The minimum absolute atomic E-state index is 0. The lowest BCUT2D eigenvalue weighted by molar-refractivity contribution is -0.128. The largest absolute Gasteiger partial charge is 0.480 e. The van der Waals surface area contributed by atoms with Gasteiger partial charge in [-0.2, -0.15) is 0 Å². The van der Waals surface area contributed by atoms with Crippen LogP contribution < -0.4 is 15.4 Å². The van der Waals surface area contributed by atoms with Gasteiger partial charge in [0.15, 0.2) is 6.10 Å². The van der Waals surface area contributed by atoms with Gasteiger partial charge in [0.25, 0.3) is 5.91 Å². The Morgan fingerprint density at radius 1 is 1.57 bits per heavy atom. The first-order valence-corrected chi connectivity index (χ1v) is 7.86. The molecule has 1 amide bonds. The van der Waals surface area contributed by atoms with E-state index in [9.17, 15) is 4.79 Å². The van der Waals surface area contributed by atoms with Crippen LogP contribution in [-0.4, -0.2) is 31.1 Å². The Morgan fingerprint density at radius 3 is 2.95 bits per heavy atom. The van der Waals surface area contributed by atoms with Crippen molar-refractivity contribution in [1.29, 1.82) is 0 Å². The summed E-state index contributed by atoms with van der Waals surface area (Å²) in [5, 5.41) is 6.89. The van der Waals surface area contributed by atoms with Crippen molar-refractivity contribution < 1.29 is 9.53 Å². The summed E-state index contributed by atoms with van der Waals surface area (Å²) in [6.07, 6.45) is 1.55. The number of piperidine rings is 1. The molecule has 0 aromatic heterocycles. The van der Waals surface area contributed by atoms with E-state index in [4.69, 9.17) is 16.3 Å². The quantitative estimate of drug-likeness (QED) is 0.820. The van der Waals surface area contributed by atoms with Crippen molar-refractivity contribution in [3.8, 4) is 5.75 Å². The third kappa shape index (κ3) is 5.66. The lowest BCUT2D eigenvalue weighted by Crippen LogP contribution is -2.49. The summed E-state index contributed by atoms with van der Waals surface area (Å²) >= 11 is 9.25. The molecule has 2 N–H and O–H groups in total. The zero-order valence-electron chi connectivity index (χ0n) is 11.7. The fourth-order valence-corrected chi connectivity index (χ4v) is 2.88. The first-order valence-electron chi connectivity index (χ1n) is 6.69.